The molecule has 0 amide bonds. The number of benzene rings is 3. The molecule has 0 saturated carbocycles. The highest BCUT2D eigenvalue weighted by molar-refractivity contribution is 6.03. The Bertz CT molecular complexity index is 1100. The van der Waals surface area contributed by atoms with Crippen molar-refractivity contribution in [2.75, 3.05) is 0 Å². The summed E-state index contributed by atoms with van der Waals surface area (Å²) in [5.41, 5.74) is 2.32. The number of phenolic OH excluding ortho intramolecular Hbond substituents is 3. The third-order valence-electron chi connectivity index (χ3n) is 5.28. The first kappa shape index (κ1) is 19.5. The lowest BCUT2D eigenvalue weighted by atomic mass is 9.84. The molecule has 6 heteroatoms. The Balaban J connectivity index is 1.66. The topological polar surface area (TPSA) is 104 Å². The third kappa shape index (κ3) is 3.85. The number of esters is 1. The molecular weight excluding hydrogens is 384 g/mol. The van der Waals surface area contributed by atoms with Crippen LogP contribution in [0.2, 0.25) is 0 Å². The summed E-state index contributed by atoms with van der Waals surface area (Å²) in [6.45, 7) is 0. The van der Waals surface area contributed by atoms with Crippen LogP contribution in [0.15, 0.2) is 60.7 Å². The van der Waals surface area contributed by atoms with Crippen molar-refractivity contribution >= 4 is 11.8 Å². The molecule has 30 heavy (non-hydrogen) atoms. The lowest BCUT2D eigenvalue weighted by Crippen LogP contribution is -2.23. The number of Topliss-reactive ketones (excluding diaryl/α,β-unsaturated/α-hetero) is 1. The van der Waals surface area contributed by atoms with Gasteiger partial charge < -0.3 is 20.1 Å². The van der Waals surface area contributed by atoms with E-state index >= 15 is 0 Å². The first-order valence-corrected chi connectivity index (χ1v) is 9.59. The van der Waals surface area contributed by atoms with Gasteiger partial charge in [0.25, 0.3) is 0 Å². The quantitative estimate of drug-likeness (QED) is 0.337. The number of phenols is 3. The number of hydrogen-bond acceptors (Lipinski definition) is 6. The van der Waals surface area contributed by atoms with E-state index in [-0.39, 0.29) is 53.1 Å². The highest BCUT2D eigenvalue weighted by Gasteiger charge is 2.33. The predicted molar refractivity (Wildman–Crippen MR) is 109 cm³/mol. The van der Waals surface area contributed by atoms with Crippen LogP contribution in [0.5, 0.6) is 23.0 Å². The Hall–Kier alpha value is -3.80. The molecule has 0 aliphatic carbocycles. The minimum atomic E-state index is -0.487. The average Bonchev–Trinajstić information content (AvgIpc) is 2.73. The second kappa shape index (κ2) is 7.91. The number of aromatic hydroxyl groups is 3. The standard InChI is InChI=1S/C24H20O6/c25-16-6-1-14(2-7-16)3-11-20(27)23-21(28)12-10-18-19(13-22(29)30-24(18)23)15-4-8-17(26)9-5-15/h1-2,4-10,12,19,25-26,28H,3,11,13H2. The summed E-state index contributed by atoms with van der Waals surface area (Å²) < 4.78 is 5.41. The van der Waals surface area contributed by atoms with Crippen LogP contribution in [0.4, 0.5) is 0 Å². The number of fused-ring (bicyclic) bond motifs is 1. The molecule has 0 aromatic heterocycles. The monoisotopic (exact) mass is 404 g/mol. The van der Waals surface area contributed by atoms with Gasteiger partial charge >= 0.3 is 5.97 Å². The maximum atomic E-state index is 12.9. The molecule has 1 aliphatic heterocycles. The number of carbonyl (C=O) groups excluding carboxylic acids is 2. The van der Waals surface area contributed by atoms with Crippen LogP contribution in [-0.2, 0) is 11.2 Å². The summed E-state index contributed by atoms with van der Waals surface area (Å²) >= 11 is 0. The van der Waals surface area contributed by atoms with Crippen molar-refractivity contribution in [1.82, 2.24) is 0 Å². The van der Waals surface area contributed by atoms with Gasteiger partial charge in [0, 0.05) is 17.9 Å². The second-order valence-electron chi connectivity index (χ2n) is 7.29. The summed E-state index contributed by atoms with van der Waals surface area (Å²) in [4.78, 5) is 25.2. The van der Waals surface area contributed by atoms with E-state index in [2.05, 4.69) is 0 Å². The van der Waals surface area contributed by atoms with Gasteiger partial charge in [-0.1, -0.05) is 30.3 Å². The fourth-order valence-corrected chi connectivity index (χ4v) is 3.72. The van der Waals surface area contributed by atoms with Crippen LogP contribution in [0.25, 0.3) is 0 Å². The average molecular weight is 404 g/mol. The predicted octanol–water partition coefficient (Wildman–Crippen LogP) is 4.06. The fourth-order valence-electron chi connectivity index (χ4n) is 3.72. The number of carbonyl (C=O) groups is 2. The molecule has 3 aromatic rings. The number of aryl methyl sites for hydroxylation is 1. The minimum absolute atomic E-state index is 0.00288. The summed E-state index contributed by atoms with van der Waals surface area (Å²) in [6.07, 6.45) is 0.622. The first-order valence-electron chi connectivity index (χ1n) is 9.59. The van der Waals surface area contributed by atoms with Crippen molar-refractivity contribution in [3.8, 4) is 23.0 Å². The van der Waals surface area contributed by atoms with Crippen molar-refractivity contribution < 1.29 is 29.6 Å². The molecule has 1 atom stereocenters. The molecule has 1 aliphatic rings. The molecule has 1 heterocycles. The number of ketones is 1. The lowest BCUT2D eigenvalue weighted by Gasteiger charge is -2.26. The molecule has 6 nitrogen and oxygen atoms in total. The molecule has 0 saturated heterocycles. The Kier molecular flexibility index (Phi) is 5.14. The molecule has 0 bridgehead atoms. The van der Waals surface area contributed by atoms with Gasteiger partial charge in [0.1, 0.15) is 28.6 Å². The maximum Gasteiger partial charge on any atom is 0.312 e. The van der Waals surface area contributed by atoms with E-state index in [0.717, 1.165) is 11.1 Å². The van der Waals surface area contributed by atoms with Crippen molar-refractivity contribution in [2.24, 2.45) is 0 Å². The summed E-state index contributed by atoms with van der Waals surface area (Å²) in [7, 11) is 0. The van der Waals surface area contributed by atoms with E-state index < -0.39 is 5.97 Å². The zero-order valence-electron chi connectivity index (χ0n) is 16.0. The molecule has 0 fully saturated rings. The lowest BCUT2D eigenvalue weighted by molar-refractivity contribution is -0.135. The minimum Gasteiger partial charge on any atom is -0.508 e. The fraction of sp³-hybridized carbons (Fsp3) is 0.167. The Morgan fingerprint density at radius 1 is 0.900 bits per heavy atom. The van der Waals surface area contributed by atoms with E-state index in [0.29, 0.717) is 12.0 Å². The van der Waals surface area contributed by atoms with Gasteiger partial charge in [0.15, 0.2) is 5.78 Å². The van der Waals surface area contributed by atoms with Gasteiger partial charge in [-0.3, -0.25) is 9.59 Å². The van der Waals surface area contributed by atoms with E-state index in [9.17, 15) is 24.9 Å². The van der Waals surface area contributed by atoms with Crippen LogP contribution >= 0.6 is 0 Å². The van der Waals surface area contributed by atoms with Crippen molar-refractivity contribution in [1.29, 1.82) is 0 Å². The van der Waals surface area contributed by atoms with Crippen LogP contribution in [0, 0.1) is 0 Å². The molecule has 0 spiro atoms. The van der Waals surface area contributed by atoms with Crippen LogP contribution in [0.1, 0.15) is 45.8 Å². The third-order valence-corrected chi connectivity index (χ3v) is 5.28. The van der Waals surface area contributed by atoms with Gasteiger partial charge in [-0.25, -0.2) is 0 Å². The molecule has 152 valence electrons. The zero-order chi connectivity index (χ0) is 21.3. The van der Waals surface area contributed by atoms with Gasteiger partial charge in [0.05, 0.1) is 6.42 Å². The van der Waals surface area contributed by atoms with Crippen LogP contribution in [-0.4, -0.2) is 27.1 Å². The maximum absolute atomic E-state index is 12.9. The van der Waals surface area contributed by atoms with Crippen molar-refractivity contribution in [3.05, 3.63) is 82.9 Å². The van der Waals surface area contributed by atoms with E-state index in [1.807, 2.05) is 0 Å². The normalized spacial score (nSPS) is 15.3. The first-order chi connectivity index (χ1) is 14.4. The van der Waals surface area contributed by atoms with E-state index in [4.69, 9.17) is 4.74 Å². The molecule has 0 radical (unpaired) electrons. The second-order valence-corrected chi connectivity index (χ2v) is 7.29. The Morgan fingerprint density at radius 2 is 1.53 bits per heavy atom. The Labute approximate surface area is 173 Å². The number of ether oxygens (including phenoxy) is 1. The summed E-state index contributed by atoms with van der Waals surface area (Å²) in [5.74, 6) is -1.04. The van der Waals surface area contributed by atoms with Gasteiger partial charge in [-0.2, -0.15) is 0 Å². The molecule has 4 rings (SSSR count). The van der Waals surface area contributed by atoms with Crippen LogP contribution < -0.4 is 4.74 Å². The van der Waals surface area contributed by atoms with Gasteiger partial charge in [-0.15, -0.1) is 0 Å². The number of rotatable bonds is 5. The number of hydrogen-bond donors (Lipinski definition) is 3. The zero-order valence-corrected chi connectivity index (χ0v) is 16.0. The summed E-state index contributed by atoms with van der Waals surface area (Å²) in [6, 6.07) is 16.2. The smallest absolute Gasteiger partial charge is 0.312 e. The highest BCUT2D eigenvalue weighted by atomic mass is 16.5. The largest absolute Gasteiger partial charge is 0.508 e. The molecule has 3 aromatic carbocycles. The van der Waals surface area contributed by atoms with Gasteiger partial charge in [-0.05, 0) is 47.9 Å². The molecule has 3 N–H and O–H groups in total. The Morgan fingerprint density at radius 3 is 2.20 bits per heavy atom. The van der Waals surface area contributed by atoms with Gasteiger partial charge in [0.2, 0.25) is 0 Å². The SMILES string of the molecule is O=C1CC(c2ccc(O)cc2)c2ccc(O)c(C(=O)CCc3ccc(O)cc3)c2O1. The van der Waals surface area contributed by atoms with Crippen LogP contribution in [0.3, 0.4) is 0 Å². The molecule has 1 unspecified atom stereocenters. The highest BCUT2D eigenvalue weighted by Crippen LogP contribution is 2.44. The van der Waals surface area contributed by atoms with Crippen molar-refractivity contribution in [2.45, 2.75) is 25.2 Å². The van der Waals surface area contributed by atoms with Crippen molar-refractivity contribution in [3.63, 3.8) is 0 Å². The van der Waals surface area contributed by atoms with E-state index in [1.165, 1.54) is 6.07 Å². The molecular formula is C24H20O6. The summed E-state index contributed by atoms with van der Waals surface area (Å²) in [5, 5.41) is 29.3. The van der Waals surface area contributed by atoms with E-state index in [1.54, 1.807) is 54.6 Å².